The highest BCUT2D eigenvalue weighted by Crippen LogP contribution is 2.16. The van der Waals surface area contributed by atoms with E-state index in [9.17, 15) is 9.59 Å². The van der Waals surface area contributed by atoms with E-state index < -0.39 is 11.9 Å². The summed E-state index contributed by atoms with van der Waals surface area (Å²) in [7, 11) is 0. The molecule has 0 spiro atoms. The Labute approximate surface area is 106 Å². The Bertz CT molecular complexity index is 298. The second-order valence-corrected chi connectivity index (χ2v) is 5.63. The first kappa shape index (κ1) is 14.2. The second kappa shape index (κ2) is 6.14. The number of nitrogens with one attached hydrogen (secondary N) is 1. The van der Waals surface area contributed by atoms with Crippen molar-refractivity contribution in [1.29, 1.82) is 0 Å². The van der Waals surface area contributed by atoms with Gasteiger partial charge in [-0.1, -0.05) is 0 Å². The van der Waals surface area contributed by atoms with Crippen molar-refractivity contribution in [2.45, 2.75) is 32.9 Å². The van der Waals surface area contributed by atoms with Crippen molar-refractivity contribution in [1.82, 2.24) is 10.2 Å². The highest BCUT2D eigenvalue weighted by molar-refractivity contribution is 7.99. The lowest BCUT2D eigenvalue weighted by Gasteiger charge is -2.34. The molecule has 1 heterocycles. The Morgan fingerprint density at radius 3 is 2.65 bits per heavy atom. The highest BCUT2D eigenvalue weighted by Gasteiger charge is 2.27. The van der Waals surface area contributed by atoms with Gasteiger partial charge in [0.1, 0.15) is 0 Å². The predicted molar refractivity (Wildman–Crippen MR) is 68.3 cm³/mol. The zero-order valence-electron chi connectivity index (χ0n) is 10.5. The van der Waals surface area contributed by atoms with Crippen LogP contribution in [0.2, 0.25) is 0 Å². The van der Waals surface area contributed by atoms with Crippen molar-refractivity contribution in [3.05, 3.63) is 0 Å². The van der Waals surface area contributed by atoms with Gasteiger partial charge in [0.25, 0.3) is 0 Å². The number of carbonyl (C=O) groups excluding carboxylic acids is 1. The summed E-state index contributed by atoms with van der Waals surface area (Å²) >= 11 is 1.84. The van der Waals surface area contributed by atoms with E-state index in [0.717, 1.165) is 18.1 Å². The Morgan fingerprint density at radius 1 is 1.47 bits per heavy atom. The molecule has 3 unspecified atom stereocenters. The molecule has 0 radical (unpaired) electrons. The van der Waals surface area contributed by atoms with Gasteiger partial charge in [-0.3, -0.25) is 4.79 Å². The fraction of sp³-hybridized carbons (Fsp3) is 0.818. The molecule has 98 valence electrons. The van der Waals surface area contributed by atoms with Gasteiger partial charge in [0.15, 0.2) is 0 Å². The zero-order valence-corrected chi connectivity index (χ0v) is 11.3. The summed E-state index contributed by atoms with van der Waals surface area (Å²) in [5.41, 5.74) is 0. The molecule has 0 aromatic carbocycles. The molecule has 17 heavy (non-hydrogen) atoms. The van der Waals surface area contributed by atoms with E-state index in [0.29, 0.717) is 0 Å². The van der Waals surface area contributed by atoms with Crippen LogP contribution in [0.4, 0.5) is 4.79 Å². The molecule has 2 amide bonds. The molecule has 1 fully saturated rings. The fourth-order valence-corrected chi connectivity index (χ4v) is 2.66. The molecule has 0 aromatic rings. The number of carboxylic acid groups (broad SMARTS) is 1. The summed E-state index contributed by atoms with van der Waals surface area (Å²) in [5.74, 6) is 0.421. The number of rotatable bonds is 3. The van der Waals surface area contributed by atoms with Crippen LogP contribution >= 0.6 is 11.8 Å². The maximum atomic E-state index is 12.0. The van der Waals surface area contributed by atoms with Crippen LogP contribution < -0.4 is 5.32 Å². The van der Waals surface area contributed by atoms with Crippen molar-refractivity contribution >= 4 is 23.8 Å². The minimum Gasteiger partial charge on any atom is -0.481 e. The Hall–Kier alpha value is -0.910. The summed E-state index contributed by atoms with van der Waals surface area (Å²) in [6, 6.07) is -0.304. The van der Waals surface area contributed by atoms with Gasteiger partial charge in [0.05, 0.1) is 5.92 Å². The Kier molecular flexibility index (Phi) is 5.11. The zero-order chi connectivity index (χ0) is 13.0. The first-order chi connectivity index (χ1) is 7.93. The SMILES string of the molecule is CC(NC(=O)N1CCSCC1C)C(C)C(=O)O. The van der Waals surface area contributed by atoms with Crippen LogP contribution in [-0.4, -0.2) is 52.1 Å². The molecular weight excluding hydrogens is 240 g/mol. The minimum absolute atomic E-state index is 0.154. The topological polar surface area (TPSA) is 69.6 Å². The number of urea groups is 1. The highest BCUT2D eigenvalue weighted by atomic mass is 32.2. The van der Waals surface area contributed by atoms with Crippen LogP contribution in [-0.2, 0) is 4.79 Å². The predicted octanol–water partition coefficient (Wildman–Crippen LogP) is 1.24. The lowest BCUT2D eigenvalue weighted by atomic mass is 10.0. The fourth-order valence-electron chi connectivity index (χ4n) is 1.65. The van der Waals surface area contributed by atoms with Crippen molar-refractivity contribution < 1.29 is 14.7 Å². The van der Waals surface area contributed by atoms with Gasteiger partial charge >= 0.3 is 12.0 Å². The summed E-state index contributed by atoms with van der Waals surface area (Å²) < 4.78 is 0. The Balaban J connectivity index is 2.50. The lowest BCUT2D eigenvalue weighted by Crippen LogP contribution is -2.52. The van der Waals surface area contributed by atoms with Gasteiger partial charge in [-0.25, -0.2) is 4.79 Å². The van der Waals surface area contributed by atoms with Crippen molar-refractivity contribution in [2.75, 3.05) is 18.1 Å². The number of hydrogen-bond donors (Lipinski definition) is 2. The van der Waals surface area contributed by atoms with E-state index >= 15 is 0 Å². The van der Waals surface area contributed by atoms with Crippen LogP contribution in [0.1, 0.15) is 20.8 Å². The largest absolute Gasteiger partial charge is 0.481 e. The molecule has 0 bridgehead atoms. The minimum atomic E-state index is -0.889. The normalized spacial score (nSPS) is 23.9. The van der Waals surface area contributed by atoms with E-state index in [1.807, 2.05) is 18.7 Å². The van der Waals surface area contributed by atoms with Gasteiger partial charge < -0.3 is 15.3 Å². The molecule has 0 aliphatic carbocycles. The van der Waals surface area contributed by atoms with E-state index in [4.69, 9.17) is 5.11 Å². The quantitative estimate of drug-likeness (QED) is 0.801. The third-order valence-corrected chi connectivity index (χ3v) is 4.31. The average Bonchev–Trinajstić information content (AvgIpc) is 2.28. The number of carboxylic acids is 1. The first-order valence-electron chi connectivity index (χ1n) is 5.81. The molecule has 0 aromatic heterocycles. The first-order valence-corrected chi connectivity index (χ1v) is 6.96. The summed E-state index contributed by atoms with van der Waals surface area (Å²) in [6.07, 6.45) is 0. The molecule has 5 nitrogen and oxygen atoms in total. The molecule has 1 aliphatic rings. The summed E-state index contributed by atoms with van der Waals surface area (Å²) in [4.78, 5) is 24.5. The van der Waals surface area contributed by atoms with Gasteiger partial charge in [0.2, 0.25) is 0 Å². The number of carbonyl (C=O) groups is 2. The molecule has 6 heteroatoms. The standard InChI is InChI=1S/C11H20N2O3S/c1-7-6-17-5-4-13(7)11(16)12-9(3)8(2)10(14)15/h7-9H,4-6H2,1-3H3,(H,12,16)(H,14,15). The summed E-state index contributed by atoms with van der Waals surface area (Å²) in [6.45, 7) is 6.06. The second-order valence-electron chi connectivity index (χ2n) is 4.48. The van der Waals surface area contributed by atoms with Crippen LogP contribution in [0.5, 0.6) is 0 Å². The number of nitrogens with zero attached hydrogens (tertiary/aromatic N) is 1. The average molecular weight is 260 g/mol. The molecule has 3 atom stereocenters. The van der Waals surface area contributed by atoms with E-state index in [-0.39, 0.29) is 18.1 Å². The van der Waals surface area contributed by atoms with Crippen LogP contribution in [0.3, 0.4) is 0 Å². The Morgan fingerprint density at radius 2 is 2.12 bits per heavy atom. The number of aliphatic carboxylic acids is 1. The monoisotopic (exact) mass is 260 g/mol. The maximum absolute atomic E-state index is 12.0. The van der Waals surface area contributed by atoms with Gasteiger partial charge in [-0.15, -0.1) is 0 Å². The lowest BCUT2D eigenvalue weighted by molar-refractivity contribution is -0.141. The van der Waals surface area contributed by atoms with Crippen LogP contribution in [0.25, 0.3) is 0 Å². The summed E-state index contributed by atoms with van der Waals surface area (Å²) in [5, 5.41) is 11.6. The van der Waals surface area contributed by atoms with Crippen molar-refractivity contribution in [3.8, 4) is 0 Å². The van der Waals surface area contributed by atoms with E-state index in [1.54, 1.807) is 18.7 Å². The molecular formula is C11H20N2O3S. The number of hydrogen-bond acceptors (Lipinski definition) is 3. The molecule has 2 N–H and O–H groups in total. The molecule has 1 rings (SSSR count). The van der Waals surface area contributed by atoms with E-state index in [2.05, 4.69) is 5.32 Å². The van der Waals surface area contributed by atoms with Crippen molar-refractivity contribution in [2.24, 2.45) is 5.92 Å². The number of amides is 2. The molecule has 1 saturated heterocycles. The third-order valence-electron chi connectivity index (χ3n) is 3.12. The van der Waals surface area contributed by atoms with Gasteiger partial charge in [-0.2, -0.15) is 11.8 Å². The van der Waals surface area contributed by atoms with Gasteiger partial charge in [-0.05, 0) is 20.8 Å². The van der Waals surface area contributed by atoms with Crippen molar-refractivity contribution in [3.63, 3.8) is 0 Å². The maximum Gasteiger partial charge on any atom is 0.317 e. The van der Waals surface area contributed by atoms with E-state index in [1.165, 1.54) is 0 Å². The number of thioether (sulfide) groups is 1. The van der Waals surface area contributed by atoms with Gasteiger partial charge in [0, 0.05) is 30.1 Å². The van der Waals surface area contributed by atoms with Crippen LogP contribution in [0.15, 0.2) is 0 Å². The van der Waals surface area contributed by atoms with Crippen LogP contribution in [0, 0.1) is 5.92 Å². The molecule has 0 saturated carbocycles. The smallest absolute Gasteiger partial charge is 0.317 e. The third kappa shape index (κ3) is 3.80. The molecule has 1 aliphatic heterocycles.